The molecule has 1 heterocycles. The lowest BCUT2D eigenvalue weighted by molar-refractivity contribution is 0.158. The van der Waals surface area contributed by atoms with Gasteiger partial charge in [0.25, 0.3) is 0 Å². The summed E-state index contributed by atoms with van der Waals surface area (Å²) in [6.45, 7) is 0. The zero-order valence-electron chi connectivity index (χ0n) is 5.43. The van der Waals surface area contributed by atoms with E-state index in [0.29, 0.717) is 0 Å². The van der Waals surface area contributed by atoms with Crippen LogP contribution in [0.1, 0.15) is 0 Å². The average Bonchev–Trinajstić information content (AvgIpc) is 2.35. The first-order valence-corrected chi connectivity index (χ1v) is 2.69. The number of hydrogen-bond acceptors (Lipinski definition) is 4. The third-order valence-electron chi connectivity index (χ3n) is 0.903. The Morgan fingerprint density at radius 2 is 2.27 bits per heavy atom. The fourth-order valence-electron chi connectivity index (χ4n) is 0.506. The van der Waals surface area contributed by atoms with Crippen molar-refractivity contribution in [2.24, 2.45) is 5.73 Å². The van der Waals surface area contributed by atoms with Gasteiger partial charge in [0.15, 0.2) is 0 Å². The van der Waals surface area contributed by atoms with Gasteiger partial charge in [-0.25, -0.2) is 19.1 Å². The Bertz CT molecular complexity index is 267. The van der Waals surface area contributed by atoms with Crippen molar-refractivity contribution in [1.29, 1.82) is 0 Å². The van der Waals surface area contributed by atoms with E-state index >= 15 is 0 Å². The fraction of sp³-hybridized carbons (Fsp3) is 0. The Hall–Kier alpha value is -1.85. The molecule has 0 unspecified atom stereocenters. The minimum atomic E-state index is -1.14. The van der Waals surface area contributed by atoms with Gasteiger partial charge in [0.2, 0.25) is 0 Å². The molecule has 11 heavy (non-hydrogen) atoms. The minimum absolute atomic E-state index is 0.866. The predicted octanol–water partition coefficient (Wildman–Crippen LogP) is -0.0535. The predicted molar refractivity (Wildman–Crippen MR) is 33.7 cm³/mol. The van der Waals surface area contributed by atoms with E-state index < -0.39 is 12.2 Å². The van der Waals surface area contributed by atoms with Crippen molar-refractivity contribution in [3.05, 3.63) is 18.7 Å². The summed E-state index contributed by atoms with van der Waals surface area (Å²) in [5, 5.41) is 0. The van der Waals surface area contributed by atoms with Crippen molar-refractivity contribution in [3.63, 3.8) is 0 Å². The van der Waals surface area contributed by atoms with Crippen molar-refractivity contribution in [2.45, 2.75) is 0 Å². The van der Waals surface area contributed by atoms with Crippen LogP contribution in [0.4, 0.5) is 9.59 Å². The number of nitrogens with two attached hydrogens (primary N) is 1. The zero-order valence-corrected chi connectivity index (χ0v) is 5.43. The maximum absolute atomic E-state index is 10.7. The second-order valence-corrected chi connectivity index (χ2v) is 1.66. The number of imidazole rings is 1. The quantitative estimate of drug-likeness (QED) is 0.532. The Balaban J connectivity index is 2.64. The first kappa shape index (κ1) is 7.26. The molecule has 0 aromatic carbocycles. The molecule has 0 bridgehead atoms. The third kappa shape index (κ3) is 1.78. The lowest BCUT2D eigenvalue weighted by Crippen LogP contribution is -2.21. The third-order valence-corrected chi connectivity index (χ3v) is 0.903. The van der Waals surface area contributed by atoms with Gasteiger partial charge in [-0.3, -0.25) is 0 Å². The normalized spacial score (nSPS) is 9.09. The molecule has 0 aliphatic rings. The number of carbonyl (C=O) groups excluding carboxylic acids is 2. The van der Waals surface area contributed by atoms with E-state index in [4.69, 9.17) is 0 Å². The molecular formula is C5H5N3O3. The summed E-state index contributed by atoms with van der Waals surface area (Å²) in [5.74, 6) is 0. The molecule has 0 atom stereocenters. The van der Waals surface area contributed by atoms with Gasteiger partial charge in [0.1, 0.15) is 6.33 Å². The molecule has 0 radical (unpaired) electrons. The molecule has 0 aliphatic carbocycles. The second kappa shape index (κ2) is 2.82. The summed E-state index contributed by atoms with van der Waals surface area (Å²) in [6, 6.07) is 0. The first-order chi connectivity index (χ1) is 5.20. The highest BCUT2D eigenvalue weighted by Gasteiger charge is 2.06. The highest BCUT2D eigenvalue weighted by Crippen LogP contribution is 1.88. The van der Waals surface area contributed by atoms with Gasteiger partial charge in [-0.05, 0) is 0 Å². The number of rotatable bonds is 0. The SMILES string of the molecule is NC(=O)OC(=O)n1ccnc1. The molecule has 2 N–H and O–H groups in total. The molecule has 1 amide bonds. The molecule has 0 spiro atoms. The van der Waals surface area contributed by atoms with Crippen LogP contribution in [-0.4, -0.2) is 21.7 Å². The molecule has 6 nitrogen and oxygen atoms in total. The number of amides is 1. The number of ether oxygens (including phenoxy) is 1. The lowest BCUT2D eigenvalue weighted by Gasteiger charge is -1.96. The molecule has 0 aliphatic heterocycles. The average molecular weight is 155 g/mol. The molecule has 0 fully saturated rings. The molecule has 1 rings (SSSR count). The Kier molecular flexibility index (Phi) is 1.86. The van der Waals surface area contributed by atoms with Crippen LogP contribution in [-0.2, 0) is 4.74 Å². The largest absolute Gasteiger partial charge is 0.428 e. The van der Waals surface area contributed by atoms with E-state index in [1.807, 2.05) is 0 Å². The molecule has 6 heteroatoms. The summed E-state index contributed by atoms with van der Waals surface area (Å²) in [5.41, 5.74) is 4.58. The molecule has 1 aromatic rings. The van der Waals surface area contributed by atoms with E-state index in [1.165, 1.54) is 18.7 Å². The summed E-state index contributed by atoms with van der Waals surface area (Å²) < 4.78 is 5.01. The van der Waals surface area contributed by atoms with Crippen molar-refractivity contribution in [2.75, 3.05) is 0 Å². The monoisotopic (exact) mass is 155 g/mol. The molecule has 58 valence electrons. The van der Waals surface area contributed by atoms with Crippen LogP contribution >= 0.6 is 0 Å². The van der Waals surface area contributed by atoms with Gasteiger partial charge < -0.3 is 10.5 Å². The topological polar surface area (TPSA) is 87.2 Å². The highest BCUT2D eigenvalue weighted by atomic mass is 16.6. The maximum atomic E-state index is 10.7. The number of aromatic nitrogens is 2. The van der Waals surface area contributed by atoms with E-state index in [0.717, 1.165) is 4.57 Å². The molecular weight excluding hydrogens is 150 g/mol. The van der Waals surface area contributed by atoms with Gasteiger partial charge in [0.05, 0.1) is 0 Å². The van der Waals surface area contributed by atoms with Gasteiger partial charge in [0, 0.05) is 12.4 Å². The molecule has 0 saturated heterocycles. The van der Waals surface area contributed by atoms with E-state index in [9.17, 15) is 9.59 Å². The first-order valence-electron chi connectivity index (χ1n) is 2.69. The van der Waals surface area contributed by atoms with Crippen LogP contribution in [0.5, 0.6) is 0 Å². The van der Waals surface area contributed by atoms with Crippen molar-refractivity contribution >= 4 is 12.2 Å². The van der Waals surface area contributed by atoms with Crippen LogP contribution in [0.25, 0.3) is 0 Å². The van der Waals surface area contributed by atoms with Crippen LogP contribution in [0.3, 0.4) is 0 Å². The van der Waals surface area contributed by atoms with Crippen molar-refractivity contribution in [1.82, 2.24) is 9.55 Å². The minimum Gasteiger partial charge on any atom is -0.359 e. The summed E-state index contributed by atoms with van der Waals surface area (Å²) in [6.07, 6.45) is 1.91. The Labute approximate surface area is 61.6 Å². The van der Waals surface area contributed by atoms with Gasteiger partial charge in [-0.1, -0.05) is 0 Å². The smallest absolute Gasteiger partial charge is 0.359 e. The Morgan fingerprint density at radius 1 is 1.55 bits per heavy atom. The number of nitrogens with zero attached hydrogens (tertiary/aromatic N) is 2. The van der Waals surface area contributed by atoms with Crippen LogP contribution in [0.15, 0.2) is 18.7 Å². The lowest BCUT2D eigenvalue weighted by atomic mass is 10.9. The maximum Gasteiger partial charge on any atom is 0.428 e. The standard InChI is InChI=1S/C5H5N3O3/c6-4(9)11-5(10)8-2-1-7-3-8/h1-3H,(H2,6,9). The van der Waals surface area contributed by atoms with Crippen LogP contribution < -0.4 is 5.73 Å². The van der Waals surface area contributed by atoms with Gasteiger partial charge >= 0.3 is 12.2 Å². The van der Waals surface area contributed by atoms with E-state index in [1.54, 1.807) is 0 Å². The van der Waals surface area contributed by atoms with Crippen molar-refractivity contribution in [3.8, 4) is 0 Å². The van der Waals surface area contributed by atoms with Crippen LogP contribution in [0, 0.1) is 0 Å². The van der Waals surface area contributed by atoms with Crippen LogP contribution in [0.2, 0.25) is 0 Å². The molecule has 0 saturated carbocycles. The fourth-order valence-corrected chi connectivity index (χ4v) is 0.506. The van der Waals surface area contributed by atoms with Gasteiger partial charge in [-0.15, -0.1) is 0 Å². The summed E-state index contributed by atoms with van der Waals surface area (Å²) in [4.78, 5) is 24.3. The Morgan fingerprint density at radius 3 is 2.73 bits per heavy atom. The molecule has 1 aromatic heterocycles. The second-order valence-electron chi connectivity index (χ2n) is 1.66. The number of hydrogen-bond donors (Lipinski definition) is 1. The van der Waals surface area contributed by atoms with E-state index in [2.05, 4.69) is 15.5 Å². The zero-order chi connectivity index (χ0) is 8.27. The number of primary amides is 1. The van der Waals surface area contributed by atoms with E-state index in [-0.39, 0.29) is 0 Å². The summed E-state index contributed by atoms with van der Waals surface area (Å²) in [7, 11) is 0. The van der Waals surface area contributed by atoms with Crippen molar-refractivity contribution < 1.29 is 14.3 Å². The summed E-state index contributed by atoms with van der Waals surface area (Å²) >= 11 is 0. The van der Waals surface area contributed by atoms with Gasteiger partial charge in [-0.2, -0.15) is 0 Å². The number of carbonyl (C=O) groups is 2. The highest BCUT2D eigenvalue weighted by molar-refractivity contribution is 5.83.